The van der Waals surface area contributed by atoms with Crippen LogP contribution >= 0.6 is 23.1 Å². The van der Waals surface area contributed by atoms with Gasteiger partial charge >= 0.3 is 5.97 Å². The molecule has 0 bridgehead atoms. The summed E-state index contributed by atoms with van der Waals surface area (Å²) in [5, 5.41) is 12.3. The second kappa shape index (κ2) is 10.1. The molecule has 10 heteroatoms. The van der Waals surface area contributed by atoms with Crippen LogP contribution in [0.1, 0.15) is 34.6 Å². The first-order chi connectivity index (χ1) is 14.8. The molecule has 0 spiro atoms. The van der Waals surface area contributed by atoms with E-state index in [4.69, 9.17) is 4.74 Å². The quantitative estimate of drug-likeness (QED) is 0.386. The summed E-state index contributed by atoms with van der Waals surface area (Å²) in [4.78, 5) is 25.8. The number of amides is 1. The van der Waals surface area contributed by atoms with Crippen LogP contribution in [0.15, 0.2) is 29.4 Å². The number of hydrogen-bond acceptors (Lipinski definition) is 7. The van der Waals surface area contributed by atoms with E-state index in [0.717, 1.165) is 16.0 Å². The van der Waals surface area contributed by atoms with Crippen molar-refractivity contribution < 1.29 is 18.7 Å². The first kappa shape index (κ1) is 23.0. The van der Waals surface area contributed by atoms with E-state index in [-0.39, 0.29) is 24.1 Å². The minimum absolute atomic E-state index is 0.0970. The van der Waals surface area contributed by atoms with Crippen LogP contribution in [0, 0.1) is 19.7 Å². The van der Waals surface area contributed by atoms with Gasteiger partial charge in [0.2, 0.25) is 5.91 Å². The lowest BCUT2D eigenvalue weighted by Gasteiger charge is -2.08. The summed E-state index contributed by atoms with van der Waals surface area (Å²) in [7, 11) is 0. The Kier molecular flexibility index (Phi) is 7.45. The molecule has 3 aromatic rings. The van der Waals surface area contributed by atoms with Crippen LogP contribution in [0.4, 0.5) is 9.39 Å². The third kappa shape index (κ3) is 5.13. The molecule has 0 atom stereocenters. The molecule has 2 aromatic heterocycles. The van der Waals surface area contributed by atoms with E-state index in [1.807, 2.05) is 25.3 Å². The van der Waals surface area contributed by atoms with Gasteiger partial charge in [-0.1, -0.05) is 11.8 Å². The normalized spacial score (nSPS) is 10.9. The minimum atomic E-state index is -0.443. The molecule has 0 saturated heterocycles. The maximum absolute atomic E-state index is 13.2. The average Bonchev–Trinajstić information content (AvgIpc) is 3.27. The smallest absolute Gasteiger partial charge is 0.341 e. The number of thioether (sulfide) groups is 1. The molecule has 0 unspecified atom stereocenters. The average molecular weight is 463 g/mol. The number of nitrogens with one attached hydrogen (secondary N) is 1. The van der Waals surface area contributed by atoms with Gasteiger partial charge in [-0.25, -0.2) is 9.18 Å². The molecule has 31 heavy (non-hydrogen) atoms. The fourth-order valence-corrected chi connectivity index (χ4v) is 4.82. The molecule has 7 nitrogen and oxygen atoms in total. The zero-order valence-electron chi connectivity index (χ0n) is 17.7. The molecule has 0 fully saturated rings. The molecule has 0 aliphatic heterocycles. The Morgan fingerprint density at radius 3 is 2.55 bits per heavy atom. The Hall–Kier alpha value is -2.72. The largest absolute Gasteiger partial charge is 0.462 e. The first-order valence-electron chi connectivity index (χ1n) is 9.74. The predicted octanol–water partition coefficient (Wildman–Crippen LogP) is 4.69. The van der Waals surface area contributed by atoms with E-state index in [1.165, 1.54) is 35.2 Å². The van der Waals surface area contributed by atoms with Crippen molar-refractivity contribution in [3.05, 3.63) is 46.1 Å². The van der Waals surface area contributed by atoms with Crippen molar-refractivity contribution in [1.82, 2.24) is 14.8 Å². The summed E-state index contributed by atoms with van der Waals surface area (Å²) >= 11 is 2.59. The Bertz CT molecular complexity index is 1090. The van der Waals surface area contributed by atoms with Crippen molar-refractivity contribution in [3.63, 3.8) is 0 Å². The van der Waals surface area contributed by atoms with Crippen molar-refractivity contribution in [2.45, 2.75) is 39.4 Å². The topological polar surface area (TPSA) is 86.1 Å². The fourth-order valence-electron chi connectivity index (χ4n) is 2.95. The zero-order valence-corrected chi connectivity index (χ0v) is 19.3. The van der Waals surface area contributed by atoms with Crippen LogP contribution in [-0.2, 0) is 16.1 Å². The molecule has 1 aromatic carbocycles. The highest BCUT2D eigenvalue weighted by Crippen LogP contribution is 2.33. The molecule has 0 aliphatic rings. The van der Waals surface area contributed by atoms with Gasteiger partial charge in [-0.3, -0.25) is 4.79 Å². The molecular weight excluding hydrogens is 439 g/mol. The number of thiophene rings is 1. The van der Waals surface area contributed by atoms with Crippen LogP contribution in [0.25, 0.3) is 11.4 Å². The number of rotatable bonds is 8. The van der Waals surface area contributed by atoms with Crippen molar-refractivity contribution in [2.24, 2.45) is 0 Å². The van der Waals surface area contributed by atoms with Gasteiger partial charge in [0.05, 0.1) is 17.9 Å². The first-order valence-corrected chi connectivity index (χ1v) is 11.5. The molecule has 3 rings (SSSR count). The van der Waals surface area contributed by atoms with Gasteiger partial charge in [-0.05, 0) is 57.5 Å². The van der Waals surface area contributed by atoms with Gasteiger partial charge in [0, 0.05) is 17.0 Å². The van der Waals surface area contributed by atoms with Crippen LogP contribution in [0.3, 0.4) is 0 Å². The van der Waals surface area contributed by atoms with Crippen LogP contribution in [0.2, 0.25) is 0 Å². The number of nitrogens with zero attached hydrogens (tertiary/aromatic N) is 3. The molecule has 164 valence electrons. The third-order valence-corrected chi connectivity index (χ3v) is 6.68. The highest BCUT2D eigenvalue weighted by Gasteiger charge is 2.22. The highest BCUT2D eigenvalue weighted by molar-refractivity contribution is 7.99. The minimum Gasteiger partial charge on any atom is -0.462 e. The zero-order chi connectivity index (χ0) is 22.5. The summed E-state index contributed by atoms with van der Waals surface area (Å²) < 4.78 is 20.2. The molecule has 1 amide bonds. The third-order valence-electron chi connectivity index (χ3n) is 4.59. The maximum Gasteiger partial charge on any atom is 0.341 e. The van der Waals surface area contributed by atoms with E-state index in [2.05, 4.69) is 15.5 Å². The number of hydrogen-bond donors (Lipinski definition) is 1. The lowest BCUT2D eigenvalue weighted by atomic mass is 10.1. The molecular formula is C21H23FN4O3S2. The number of aromatic nitrogens is 3. The SMILES string of the molecule is CCOC(=O)c1c(NC(=O)CSc2nnc(-c3ccc(F)cc3)n2CC)sc(C)c1C. The molecule has 2 heterocycles. The van der Waals surface area contributed by atoms with Crippen LogP contribution < -0.4 is 5.32 Å². The van der Waals surface area contributed by atoms with Crippen molar-refractivity contribution in [3.8, 4) is 11.4 Å². The van der Waals surface area contributed by atoms with Gasteiger partial charge in [0.15, 0.2) is 11.0 Å². The molecule has 1 N–H and O–H groups in total. The van der Waals surface area contributed by atoms with Crippen molar-refractivity contribution in [1.29, 1.82) is 0 Å². The van der Waals surface area contributed by atoms with E-state index in [1.54, 1.807) is 19.1 Å². The number of esters is 1. The molecule has 0 saturated carbocycles. The number of carbonyl (C=O) groups is 2. The fraction of sp³-hybridized carbons (Fsp3) is 0.333. The van der Waals surface area contributed by atoms with Gasteiger partial charge in [-0.15, -0.1) is 21.5 Å². The van der Waals surface area contributed by atoms with Crippen LogP contribution in [-0.4, -0.2) is 39.0 Å². The van der Waals surface area contributed by atoms with Crippen LogP contribution in [0.5, 0.6) is 0 Å². The summed E-state index contributed by atoms with van der Waals surface area (Å²) in [6.07, 6.45) is 0. The predicted molar refractivity (Wildman–Crippen MR) is 120 cm³/mol. The van der Waals surface area contributed by atoms with Gasteiger partial charge in [-0.2, -0.15) is 0 Å². The lowest BCUT2D eigenvalue weighted by molar-refractivity contribution is -0.113. The summed E-state index contributed by atoms with van der Waals surface area (Å²) in [5.41, 5.74) is 1.95. The Balaban J connectivity index is 1.72. The number of halogens is 1. The maximum atomic E-state index is 13.2. The van der Waals surface area contributed by atoms with Crippen molar-refractivity contribution in [2.75, 3.05) is 17.7 Å². The number of anilines is 1. The second-order valence-corrected chi connectivity index (χ2v) is 8.77. The van der Waals surface area contributed by atoms with E-state index in [0.29, 0.717) is 28.1 Å². The van der Waals surface area contributed by atoms with Gasteiger partial charge in [0.1, 0.15) is 10.8 Å². The lowest BCUT2D eigenvalue weighted by Crippen LogP contribution is -2.17. The van der Waals surface area contributed by atoms with E-state index < -0.39 is 5.97 Å². The van der Waals surface area contributed by atoms with E-state index >= 15 is 0 Å². The molecule has 0 aliphatic carbocycles. The highest BCUT2D eigenvalue weighted by atomic mass is 32.2. The second-order valence-electron chi connectivity index (χ2n) is 6.60. The number of carbonyl (C=O) groups excluding carboxylic acids is 2. The Morgan fingerprint density at radius 1 is 1.19 bits per heavy atom. The summed E-state index contributed by atoms with van der Waals surface area (Å²) in [6, 6.07) is 6.03. The summed E-state index contributed by atoms with van der Waals surface area (Å²) in [6.45, 7) is 8.28. The monoisotopic (exact) mass is 462 g/mol. The van der Waals surface area contributed by atoms with Gasteiger partial charge < -0.3 is 14.6 Å². The van der Waals surface area contributed by atoms with Crippen molar-refractivity contribution >= 4 is 40.0 Å². The summed E-state index contributed by atoms with van der Waals surface area (Å²) in [5.74, 6) is -0.314. The number of aryl methyl sites for hydroxylation is 1. The van der Waals surface area contributed by atoms with E-state index in [9.17, 15) is 14.0 Å². The Labute approximate surface area is 188 Å². The van der Waals surface area contributed by atoms with Gasteiger partial charge in [0.25, 0.3) is 0 Å². The number of benzene rings is 1. The molecule has 0 radical (unpaired) electrons. The standard InChI is InChI=1S/C21H23FN4O3S2/c1-5-26-18(14-7-9-15(22)10-8-14)24-25-21(26)30-11-16(27)23-19-17(20(28)29-6-2)12(3)13(4)31-19/h7-10H,5-6,11H2,1-4H3,(H,23,27). The Morgan fingerprint density at radius 2 is 1.90 bits per heavy atom. The number of ether oxygens (including phenoxy) is 1.